The van der Waals surface area contributed by atoms with Gasteiger partial charge in [0.2, 0.25) is 15.9 Å². The predicted octanol–water partition coefficient (Wildman–Crippen LogP) is 1.95. The highest BCUT2D eigenvalue weighted by atomic mass is 35.5. The fraction of sp³-hybridized carbons (Fsp3) is 0.632. The number of nitrogens with zero attached hydrogens (tertiary/aromatic N) is 2. The zero-order valence-electron chi connectivity index (χ0n) is 16.3. The van der Waals surface area contributed by atoms with Crippen molar-refractivity contribution in [3.8, 4) is 0 Å². The molecule has 1 amide bonds. The highest BCUT2D eigenvalue weighted by molar-refractivity contribution is 7.89. The van der Waals surface area contributed by atoms with E-state index in [4.69, 9.17) is 0 Å². The number of halogens is 1. The molecular weight excluding hydrogens is 386 g/mol. The van der Waals surface area contributed by atoms with Gasteiger partial charge in [-0.3, -0.25) is 4.79 Å². The van der Waals surface area contributed by atoms with Crippen LogP contribution in [-0.2, 0) is 14.8 Å². The first kappa shape index (κ1) is 22.1. The van der Waals surface area contributed by atoms with Gasteiger partial charge in [-0.25, -0.2) is 8.42 Å². The molecule has 1 aromatic rings. The lowest BCUT2D eigenvalue weighted by molar-refractivity contribution is -0.139. The quantitative estimate of drug-likeness (QED) is 0.819. The number of hydrogen-bond acceptors (Lipinski definition) is 4. The smallest absolute Gasteiger partial charge is 0.243 e. The fourth-order valence-electron chi connectivity index (χ4n) is 3.97. The first-order valence-electron chi connectivity index (χ1n) is 9.39. The maximum Gasteiger partial charge on any atom is 0.243 e. The summed E-state index contributed by atoms with van der Waals surface area (Å²) in [6.07, 6.45) is 1.19. The average molecular weight is 416 g/mol. The largest absolute Gasteiger partial charge is 0.337 e. The third-order valence-corrected chi connectivity index (χ3v) is 7.59. The topological polar surface area (TPSA) is 69.7 Å². The Hall–Kier alpha value is -1.15. The van der Waals surface area contributed by atoms with Gasteiger partial charge in [0.15, 0.2) is 0 Å². The molecule has 2 aliphatic heterocycles. The zero-order valence-corrected chi connectivity index (χ0v) is 17.9. The van der Waals surface area contributed by atoms with Crippen LogP contribution in [0.4, 0.5) is 0 Å². The van der Waals surface area contributed by atoms with E-state index in [9.17, 15) is 13.2 Å². The van der Waals surface area contributed by atoms with Crippen LogP contribution in [0.1, 0.15) is 30.9 Å². The molecule has 1 N–H and O–H groups in total. The first-order valence-corrected chi connectivity index (χ1v) is 10.8. The average Bonchev–Trinajstić information content (AvgIpc) is 2.61. The predicted molar refractivity (Wildman–Crippen MR) is 109 cm³/mol. The van der Waals surface area contributed by atoms with Crippen LogP contribution in [0.5, 0.6) is 0 Å². The minimum atomic E-state index is -3.50. The summed E-state index contributed by atoms with van der Waals surface area (Å²) in [5.41, 5.74) is 1.83. The summed E-state index contributed by atoms with van der Waals surface area (Å²) in [6, 6.07) is 5.63. The van der Waals surface area contributed by atoms with E-state index in [-0.39, 0.29) is 30.3 Å². The lowest BCUT2D eigenvalue weighted by Gasteiger charge is -2.38. The standard InChI is InChI=1S/C19H29N3O3S.ClH/c1-14-4-5-18(15(2)12-14)26(24,25)21-9-6-17(7-10-21)19(23)22-11-8-20-13-16(22)3;/h4-5,12,16-17,20H,6-11,13H2,1-3H3;1H/t16-;/m1./s1. The number of hydrogen-bond donors (Lipinski definition) is 1. The van der Waals surface area contributed by atoms with Crippen LogP contribution < -0.4 is 5.32 Å². The molecule has 1 aromatic carbocycles. The van der Waals surface area contributed by atoms with E-state index in [0.717, 1.165) is 30.8 Å². The van der Waals surface area contributed by atoms with Crippen LogP contribution in [0.15, 0.2) is 23.1 Å². The van der Waals surface area contributed by atoms with Gasteiger partial charge in [-0.1, -0.05) is 17.7 Å². The van der Waals surface area contributed by atoms with E-state index in [1.54, 1.807) is 6.07 Å². The van der Waals surface area contributed by atoms with Gasteiger partial charge in [0.25, 0.3) is 0 Å². The minimum Gasteiger partial charge on any atom is -0.337 e. The number of benzene rings is 1. The molecule has 2 saturated heterocycles. The molecule has 1 atom stereocenters. The number of carbonyl (C=O) groups is 1. The third kappa shape index (κ3) is 4.65. The Morgan fingerprint density at radius 2 is 1.81 bits per heavy atom. The van der Waals surface area contributed by atoms with Crippen molar-refractivity contribution >= 4 is 28.3 Å². The molecule has 0 aliphatic carbocycles. The molecule has 0 bridgehead atoms. The Balaban J connectivity index is 0.00000261. The number of nitrogens with one attached hydrogen (secondary N) is 1. The second-order valence-corrected chi connectivity index (χ2v) is 9.44. The van der Waals surface area contributed by atoms with E-state index < -0.39 is 10.0 Å². The number of piperazine rings is 1. The van der Waals surface area contributed by atoms with Crippen molar-refractivity contribution in [3.63, 3.8) is 0 Å². The summed E-state index contributed by atoms with van der Waals surface area (Å²) in [5, 5.41) is 3.30. The number of aryl methyl sites for hydroxylation is 2. The molecular formula is C19H30ClN3O3S. The van der Waals surface area contributed by atoms with E-state index in [0.29, 0.717) is 30.8 Å². The van der Waals surface area contributed by atoms with Crippen molar-refractivity contribution in [3.05, 3.63) is 29.3 Å². The fourth-order valence-corrected chi connectivity index (χ4v) is 5.65. The molecule has 2 aliphatic rings. The molecule has 2 heterocycles. The van der Waals surface area contributed by atoms with E-state index >= 15 is 0 Å². The Kier molecular flexibility index (Phi) is 7.30. The maximum absolute atomic E-state index is 13.0. The van der Waals surface area contributed by atoms with Crippen LogP contribution in [0.25, 0.3) is 0 Å². The van der Waals surface area contributed by atoms with Crippen LogP contribution >= 0.6 is 12.4 Å². The first-order chi connectivity index (χ1) is 12.3. The highest BCUT2D eigenvalue weighted by Crippen LogP contribution is 2.27. The van der Waals surface area contributed by atoms with Crippen molar-refractivity contribution in [1.82, 2.24) is 14.5 Å². The molecule has 152 valence electrons. The van der Waals surface area contributed by atoms with Crippen molar-refractivity contribution in [2.24, 2.45) is 5.92 Å². The maximum atomic E-state index is 13.0. The number of amides is 1. The zero-order chi connectivity index (χ0) is 18.9. The number of sulfonamides is 1. The monoisotopic (exact) mass is 415 g/mol. The minimum absolute atomic E-state index is 0. The van der Waals surface area contributed by atoms with Crippen molar-refractivity contribution in [1.29, 1.82) is 0 Å². The second-order valence-electron chi connectivity index (χ2n) is 7.53. The van der Waals surface area contributed by atoms with Crippen molar-refractivity contribution in [2.75, 3.05) is 32.7 Å². The van der Waals surface area contributed by atoms with Crippen LogP contribution in [0.3, 0.4) is 0 Å². The summed E-state index contributed by atoms with van der Waals surface area (Å²) in [7, 11) is -3.50. The Bertz CT molecular complexity index is 776. The van der Waals surface area contributed by atoms with E-state index in [1.807, 2.05) is 30.9 Å². The normalized spacial score (nSPS) is 22.3. The number of carbonyl (C=O) groups excluding carboxylic acids is 1. The summed E-state index contributed by atoms with van der Waals surface area (Å²) >= 11 is 0. The lowest BCUT2D eigenvalue weighted by Crippen LogP contribution is -2.55. The van der Waals surface area contributed by atoms with Crippen LogP contribution in [0.2, 0.25) is 0 Å². The second kappa shape index (κ2) is 8.90. The van der Waals surface area contributed by atoms with Crippen LogP contribution in [-0.4, -0.2) is 62.3 Å². The van der Waals surface area contributed by atoms with Gasteiger partial charge in [0, 0.05) is 44.7 Å². The molecule has 27 heavy (non-hydrogen) atoms. The molecule has 0 radical (unpaired) electrons. The highest BCUT2D eigenvalue weighted by Gasteiger charge is 2.35. The van der Waals surface area contributed by atoms with Gasteiger partial charge < -0.3 is 10.2 Å². The molecule has 0 spiro atoms. The molecule has 6 nitrogen and oxygen atoms in total. The lowest BCUT2D eigenvalue weighted by atomic mass is 9.95. The van der Waals surface area contributed by atoms with Crippen molar-refractivity contribution < 1.29 is 13.2 Å². The molecule has 2 fully saturated rings. The summed E-state index contributed by atoms with van der Waals surface area (Å²) in [5.74, 6) is 0.115. The van der Waals surface area contributed by atoms with E-state index in [1.165, 1.54) is 4.31 Å². The SMILES string of the molecule is Cc1ccc(S(=O)(=O)N2CCC(C(=O)N3CCNC[C@H]3C)CC2)c(C)c1.Cl. The van der Waals surface area contributed by atoms with Gasteiger partial charge in [-0.2, -0.15) is 4.31 Å². The third-order valence-electron chi connectivity index (χ3n) is 5.54. The molecule has 0 saturated carbocycles. The summed E-state index contributed by atoms with van der Waals surface area (Å²) < 4.78 is 27.5. The Morgan fingerprint density at radius 1 is 1.15 bits per heavy atom. The van der Waals surface area contributed by atoms with Crippen molar-refractivity contribution in [2.45, 2.75) is 44.6 Å². The Labute approximate surface area is 168 Å². The van der Waals surface area contributed by atoms with Gasteiger partial charge in [-0.05, 0) is 45.2 Å². The van der Waals surface area contributed by atoms with Gasteiger partial charge >= 0.3 is 0 Å². The number of piperidine rings is 1. The molecule has 0 aromatic heterocycles. The molecule has 0 unspecified atom stereocenters. The summed E-state index contributed by atoms with van der Waals surface area (Å²) in [4.78, 5) is 15.1. The Morgan fingerprint density at radius 3 is 2.41 bits per heavy atom. The van der Waals surface area contributed by atoms with Gasteiger partial charge in [0.05, 0.1) is 4.90 Å². The van der Waals surface area contributed by atoms with E-state index in [2.05, 4.69) is 12.2 Å². The van der Waals surface area contributed by atoms with Gasteiger partial charge in [-0.15, -0.1) is 12.4 Å². The number of rotatable bonds is 3. The van der Waals surface area contributed by atoms with Crippen LogP contribution in [0, 0.1) is 19.8 Å². The summed E-state index contributed by atoms with van der Waals surface area (Å²) in [6.45, 7) is 9.06. The van der Waals surface area contributed by atoms with Gasteiger partial charge in [0.1, 0.15) is 0 Å². The molecule has 8 heteroatoms. The molecule has 3 rings (SSSR count).